The summed E-state index contributed by atoms with van der Waals surface area (Å²) in [4.78, 5) is 4.00. The third-order valence-corrected chi connectivity index (χ3v) is 2.47. The van der Waals surface area contributed by atoms with E-state index in [1.165, 1.54) is 0 Å². The minimum atomic E-state index is 0. The molecule has 0 fully saturated rings. The van der Waals surface area contributed by atoms with E-state index >= 15 is 0 Å². The molecule has 0 aliphatic heterocycles. The van der Waals surface area contributed by atoms with Crippen LogP contribution in [0, 0.1) is 0 Å². The lowest BCUT2D eigenvalue weighted by Crippen LogP contribution is -2.37. The molecule has 4 nitrogen and oxygen atoms in total. The first-order valence-electron chi connectivity index (χ1n) is 5.03. The smallest absolute Gasteiger partial charge is 0.190 e. The number of aliphatic imine (C=N–C) groups is 1. The van der Waals surface area contributed by atoms with E-state index in [0.29, 0.717) is 13.2 Å². The van der Waals surface area contributed by atoms with Crippen molar-refractivity contribution in [2.24, 2.45) is 4.99 Å². The van der Waals surface area contributed by atoms with Crippen molar-refractivity contribution in [1.29, 1.82) is 0 Å². The summed E-state index contributed by atoms with van der Waals surface area (Å²) in [7, 11) is 3.55. The molecule has 0 saturated carbocycles. The van der Waals surface area contributed by atoms with Crippen LogP contribution in [0.2, 0.25) is 0 Å². The van der Waals surface area contributed by atoms with Gasteiger partial charge in [-0.15, -0.1) is 24.0 Å². The summed E-state index contributed by atoms with van der Waals surface area (Å²) in [6.07, 6.45) is 0. The van der Waals surface area contributed by atoms with Crippen LogP contribution in [-0.2, 0) is 0 Å². The van der Waals surface area contributed by atoms with E-state index in [2.05, 4.69) is 31.6 Å². The second-order valence-corrected chi connectivity index (χ2v) is 3.97. The highest BCUT2D eigenvalue weighted by Crippen LogP contribution is 2.15. The number of ether oxygens (including phenoxy) is 1. The van der Waals surface area contributed by atoms with Gasteiger partial charge >= 0.3 is 0 Å². The fourth-order valence-electron chi connectivity index (χ4n) is 1.15. The van der Waals surface area contributed by atoms with Gasteiger partial charge in [-0.05, 0) is 24.3 Å². The van der Waals surface area contributed by atoms with Crippen LogP contribution in [0.4, 0.5) is 0 Å². The van der Waals surface area contributed by atoms with Crippen LogP contribution >= 0.6 is 39.9 Å². The second kappa shape index (κ2) is 9.52. The fraction of sp³-hybridized carbons (Fsp3) is 0.364. The average Bonchev–Trinajstić information content (AvgIpc) is 2.32. The fourth-order valence-corrected chi connectivity index (χ4v) is 1.41. The zero-order valence-corrected chi connectivity index (χ0v) is 13.8. The molecular weight excluding hydrogens is 397 g/mol. The van der Waals surface area contributed by atoms with Crippen molar-refractivity contribution in [3.8, 4) is 5.75 Å². The van der Waals surface area contributed by atoms with Gasteiger partial charge in [0, 0.05) is 18.6 Å². The Balaban J connectivity index is 0.00000256. The quantitative estimate of drug-likeness (QED) is 0.344. The molecule has 0 radical (unpaired) electrons. The molecule has 0 heterocycles. The third-order valence-electron chi connectivity index (χ3n) is 1.94. The van der Waals surface area contributed by atoms with Crippen LogP contribution in [0.1, 0.15) is 0 Å². The number of rotatable bonds is 4. The summed E-state index contributed by atoms with van der Waals surface area (Å²) in [5.41, 5.74) is 0. The summed E-state index contributed by atoms with van der Waals surface area (Å²) >= 11 is 3.37. The van der Waals surface area contributed by atoms with Crippen molar-refractivity contribution in [3.05, 3.63) is 28.7 Å². The van der Waals surface area contributed by atoms with E-state index < -0.39 is 0 Å². The maximum atomic E-state index is 5.53. The third kappa shape index (κ3) is 6.72. The van der Waals surface area contributed by atoms with Gasteiger partial charge in [-0.3, -0.25) is 4.99 Å². The molecule has 1 aromatic rings. The lowest BCUT2D eigenvalue weighted by molar-refractivity contribution is 0.322. The second-order valence-electron chi connectivity index (χ2n) is 3.05. The normalized spacial score (nSPS) is 10.4. The maximum Gasteiger partial charge on any atom is 0.190 e. The lowest BCUT2D eigenvalue weighted by Gasteiger charge is -2.09. The van der Waals surface area contributed by atoms with Crippen molar-refractivity contribution in [1.82, 2.24) is 10.6 Å². The highest BCUT2D eigenvalue weighted by molar-refractivity contribution is 14.0. The van der Waals surface area contributed by atoms with Gasteiger partial charge < -0.3 is 15.4 Å². The van der Waals surface area contributed by atoms with Gasteiger partial charge in [-0.2, -0.15) is 0 Å². The van der Waals surface area contributed by atoms with Crippen LogP contribution in [0.3, 0.4) is 0 Å². The van der Waals surface area contributed by atoms with E-state index in [1.807, 2.05) is 31.3 Å². The van der Waals surface area contributed by atoms with Gasteiger partial charge in [0.05, 0.1) is 6.54 Å². The summed E-state index contributed by atoms with van der Waals surface area (Å²) in [6, 6.07) is 7.76. The van der Waals surface area contributed by atoms with Crippen molar-refractivity contribution in [2.75, 3.05) is 27.2 Å². The van der Waals surface area contributed by atoms with E-state index in [1.54, 1.807) is 7.05 Å². The summed E-state index contributed by atoms with van der Waals surface area (Å²) in [5.74, 6) is 1.63. The number of hydrogen-bond donors (Lipinski definition) is 2. The molecule has 0 saturated heterocycles. The van der Waals surface area contributed by atoms with E-state index in [0.717, 1.165) is 16.2 Å². The minimum Gasteiger partial charge on any atom is -0.492 e. The first-order chi connectivity index (χ1) is 7.76. The molecule has 0 aromatic heterocycles. The van der Waals surface area contributed by atoms with Gasteiger partial charge in [-0.1, -0.05) is 15.9 Å². The number of halogens is 2. The zero-order chi connectivity index (χ0) is 11.8. The maximum absolute atomic E-state index is 5.53. The Morgan fingerprint density at radius 2 is 2.00 bits per heavy atom. The van der Waals surface area contributed by atoms with Gasteiger partial charge in [0.1, 0.15) is 12.4 Å². The van der Waals surface area contributed by atoms with Crippen LogP contribution in [0.25, 0.3) is 0 Å². The molecule has 1 rings (SSSR count). The Morgan fingerprint density at radius 1 is 1.35 bits per heavy atom. The van der Waals surface area contributed by atoms with E-state index in [9.17, 15) is 0 Å². The van der Waals surface area contributed by atoms with Crippen LogP contribution in [0.15, 0.2) is 33.7 Å². The zero-order valence-electron chi connectivity index (χ0n) is 9.87. The molecule has 17 heavy (non-hydrogen) atoms. The topological polar surface area (TPSA) is 45.7 Å². The molecule has 0 aliphatic carbocycles. The molecule has 0 atom stereocenters. The lowest BCUT2D eigenvalue weighted by atomic mass is 10.3. The Kier molecular flexibility index (Phi) is 9.24. The monoisotopic (exact) mass is 413 g/mol. The van der Waals surface area contributed by atoms with E-state index in [-0.39, 0.29) is 24.0 Å². The highest BCUT2D eigenvalue weighted by Gasteiger charge is 1.95. The highest BCUT2D eigenvalue weighted by atomic mass is 127. The van der Waals surface area contributed by atoms with Crippen LogP contribution < -0.4 is 15.4 Å². The summed E-state index contributed by atoms with van der Waals surface area (Å²) in [6.45, 7) is 1.31. The molecule has 0 aliphatic rings. The largest absolute Gasteiger partial charge is 0.492 e. The number of guanidine groups is 1. The molecule has 0 spiro atoms. The first-order valence-corrected chi connectivity index (χ1v) is 5.82. The SMILES string of the molecule is CN=C(NC)NCCOc1ccc(Br)cc1.I. The number of nitrogens with one attached hydrogen (secondary N) is 2. The Hall–Kier alpha value is -0.500. The van der Waals surface area contributed by atoms with Crippen molar-refractivity contribution in [2.45, 2.75) is 0 Å². The predicted molar refractivity (Wildman–Crippen MR) is 85.5 cm³/mol. The number of hydrogen-bond acceptors (Lipinski definition) is 2. The van der Waals surface area contributed by atoms with Gasteiger partial charge in [0.15, 0.2) is 5.96 Å². The molecule has 0 bridgehead atoms. The molecule has 96 valence electrons. The Labute approximate surface area is 127 Å². The minimum absolute atomic E-state index is 0. The van der Waals surface area contributed by atoms with Crippen molar-refractivity contribution >= 4 is 45.9 Å². The molecular formula is C11H17BrIN3O. The van der Waals surface area contributed by atoms with Gasteiger partial charge in [-0.25, -0.2) is 0 Å². The summed E-state index contributed by atoms with van der Waals surface area (Å²) in [5, 5.41) is 6.04. The van der Waals surface area contributed by atoms with Gasteiger partial charge in [0.2, 0.25) is 0 Å². The molecule has 6 heteroatoms. The number of nitrogens with zero attached hydrogens (tertiary/aromatic N) is 1. The molecule has 1 aromatic carbocycles. The molecule has 0 unspecified atom stereocenters. The summed E-state index contributed by atoms with van der Waals surface area (Å²) < 4.78 is 6.58. The Morgan fingerprint density at radius 3 is 2.53 bits per heavy atom. The van der Waals surface area contributed by atoms with E-state index in [4.69, 9.17) is 4.74 Å². The number of benzene rings is 1. The van der Waals surface area contributed by atoms with Gasteiger partial charge in [0.25, 0.3) is 0 Å². The Bertz CT molecular complexity index is 343. The first kappa shape index (κ1) is 16.5. The predicted octanol–water partition coefficient (Wildman–Crippen LogP) is 2.24. The van der Waals surface area contributed by atoms with Crippen molar-refractivity contribution in [3.63, 3.8) is 0 Å². The molecule has 0 amide bonds. The van der Waals surface area contributed by atoms with Crippen molar-refractivity contribution < 1.29 is 4.74 Å². The van der Waals surface area contributed by atoms with Crippen LogP contribution in [0.5, 0.6) is 5.75 Å². The average molecular weight is 414 g/mol. The molecule has 2 N–H and O–H groups in total. The van der Waals surface area contributed by atoms with Crippen LogP contribution in [-0.4, -0.2) is 33.2 Å². The standard InChI is InChI=1S/C11H16BrN3O.HI/c1-13-11(14-2)15-7-8-16-10-5-3-9(12)4-6-10;/h3-6H,7-8H2,1-2H3,(H2,13,14,15);1H.